The van der Waals surface area contributed by atoms with Crippen LogP contribution in [0.4, 0.5) is 10.1 Å². The second kappa shape index (κ2) is 5.27. The maximum atomic E-state index is 13.0. The van der Waals surface area contributed by atoms with Crippen molar-refractivity contribution in [1.29, 1.82) is 0 Å². The third kappa shape index (κ3) is 2.76. The predicted octanol–water partition coefficient (Wildman–Crippen LogP) is 2.82. The van der Waals surface area contributed by atoms with Crippen LogP contribution in [0.25, 0.3) is 0 Å². The lowest BCUT2D eigenvalue weighted by atomic mass is 10.3. The highest BCUT2D eigenvalue weighted by atomic mass is 19.1. The normalized spacial score (nSPS) is 9.57. The molecule has 0 fully saturated rings. The van der Waals surface area contributed by atoms with E-state index in [1.54, 1.807) is 12.1 Å². The van der Waals surface area contributed by atoms with Crippen LogP contribution < -0.4 is 10.1 Å². The van der Waals surface area contributed by atoms with E-state index in [2.05, 4.69) is 11.9 Å². The third-order valence-corrected chi connectivity index (χ3v) is 1.83. The van der Waals surface area contributed by atoms with E-state index in [0.717, 1.165) is 18.7 Å². The van der Waals surface area contributed by atoms with Crippen molar-refractivity contribution in [3.63, 3.8) is 0 Å². The molecule has 1 N–H and O–H groups in total. The Bertz CT molecular complexity index is 312. The molecule has 1 rings (SSSR count). The second-order valence-corrected chi connectivity index (χ2v) is 2.85. The summed E-state index contributed by atoms with van der Waals surface area (Å²) in [4.78, 5) is 0. The highest BCUT2D eigenvalue weighted by molar-refractivity contribution is 5.48. The summed E-state index contributed by atoms with van der Waals surface area (Å²) in [6, 6.07) is 4.70. The van der Waals surface area contributed by atoms with Gasteiger partial charge in [0.15, 0.2) is 11.6 Å². The molecule has 0 unspecified atom stereocenters. The minimum absolute atomic E-state index is 0.258. The monoisotopic (exact) mass is 195 g/mol. The van der Waals surface area contributed by atoms with Crippen molar-refractivity contribution < 1.29 is 9.13 Å². The van der Waals surface area contributed by atoms with Crippen LogP contribution in [0.1, 0.15) is 6.42 Å². The van der Waals surface area contributed by atoms with Crippen LogP contribution in [0.5, 0.6) is 5.75 Å². The number of ether oxygens (including phenoxy) is 1. The topological polar surface area (TPSA) is 21.3 Å². The van der Waals surface area contributed by atoms with Gasteiger partial charge in [-0.15, -0.1) is 6.58 Å². The fraction of sp³-hybridized carbons (Fsp3) is 0.273. The van der Waals surface area contributed by atoms with Crippen molar-refractivity contribution >= 4 is 5.69 Å². The van der Waals surface area contributed by atoms with E-state index < -0.39 is 0 Å². The number of hydrogen-bond acceptors (Lipinski definition) is 2. The van der Waals surface area contributed by atoms with E-state index in [4.69, 9.17) is 4.74 Å². The Balaban J connectivity index is 2.64. The average molecular weight is 195 g/mol. The molecule has 1 aromatic rings. The molecule has 1 aromatic carbocycles. The van der Waals surface area contributed by atoms with Gasteiger partial charge in [-0.2, -0.15) is 0 Å². The Morgan fingerprint density at radius 1 is 1.57 bits per heavy atom. The van der Waals surface area contributed by atoms with Crippen LogP contribution >= 0.6 is 0 Å². The molecule has 0 atom stereocenters. The van der Waals surface area contributed by atoms with E-state index >= 15 is 0 Å². The van der Waals surface area contributed by atoms with Gasteiger partial charge in [-0.25, -0.2) is 4.39 Å². The molecule has 76 valence electrons. The molecule has 0 radical (unpaired) electrons. The minimum atomic E-state index is -0.346. The standard InChI is InChI=1S/C11H14FNO/c1-3-4-7-13-9-5-6-10(12)11(8-9)14-2/h3,5-6,8,13H,1,4,7H2,2H3. The van der Waals surface area contributed by atoms with E-state index in [1.165, 1.54) is 13.2 Å². The van der Waals surface area contributed by atoms with Gasteiger partial charge < -0.3 is 10.1 Å². The predicted molar refractivity (Wildman–Crippen MR) is 56.3 cm³/mol. The molecule has 0 saturated heterocycles. The molecule has 0 heterocycles. The summed E-state index contributed by atoms with van der Waals surface area (Å²) >= 11 is 0. The van der Waals surface area contributed by atoms with Crippen molar-refractivity contribution in [2.24, 2.45) is 0 Å². The number of anilines is 1. The largest absolute Gasteiger partial charge is 0.494 e. The SMILES string of the molecule is C=CCCNc1ccc(F)c(OC)c1. The first-order valence-electron chi connectivity index (χ1n) is 4.46. The molecule has 0 saturated carbocycles. The van der Waals surface area contributed by atoms with Crippen LogP contribution in [0.3, 0.4) is 0 Å². The van der Waals surface area contributed by atoms with Crippen LogP contribution in [-0.4, -0.2) is 13.7 Å². The number of nitrogens with one attached hydrogen (secondary N) is 1. The van der Waals surface area contributed by atoms with Gasteiger partial charge in [0.05, 0.1) is 7.11 Å². The Morgan fingerprint density at radius 2 is 2.36 bits per heavy atom. The lowest BCUT2D eigenvalue weighted by Gasteiger charge is -2.07. The van der Waals surface area contributed by atoms with Gasteiger partial charge in [-0.1, -0.05) is 6.08 Å². The summed E-state index contributed by atoms with van der Waals surface area (Å²) in [7, 11) is 1.45. The van der Waals surface area contributed by atoms with Crippen LogP contribution in [0.15, 0.2) is 30.9 Å². The van der Waals surface area contributed by atoms with Crippen molar-refractivity contribution in [3.8, 4) is 5.75 Å². The fourth-order valence-corrected chi connectivity index (χ4v) is 1.09. The molecular formula is C11H14FNO. The number of hydrogen-bond donors (Lipinski definition) is 1. The quantitative estimate of drug-likeness (QED) is 0.576. The van der Waals surface area contributed by atoms with Crippen molar-refractivity contribution in [1.82, 2.24) is 0 Å². The van der Waals surface area contributed by atoms with E-state index in [0.29, 0.717) is 0 Å². The van der Waals surface area contributed by atoms with Gasteiger partial charge in [0.25, 0.3) is 0 Å². The lowest BCUT2D eigenvalue weighted by Crippen LogP contribution is -2.00. The summed E-state index contributed by atoms with van der Waals surface area (Å²) in [5.41, 5.74) is 0.852. The Morgan fingerprint density at radius 3 is 3.00 bits per heavy atom. The van der Waals surface area contributed by atoms with E-state index in [1.807, 2.05) is 6.08 Å². The Kier molecular flexibility index (Phi) is 3.98. The molecule has 14 heavy (non-hydrogen) atoms. The van der Waals surface area contributed by atoms with Crippen molar-refractivity contribution in [2.75, 3.05) is 19.0 Å². The van der Waals surface area contributed by atoms with E-state index in [-0.39, 0.29) is 11.6 Å². The highest BCUT2D eigenvalue weighted by Gasteiger charge is 2.02. The van der Waals surface area contributed by atoms with Gasteiger partial charge in [-0.3, -0.25) is 0 Å². The maximum Gasteiger partial charge on any atom is 0.165 e. The molecular weight excluding hydrogens is 181 g/mol. The summed E-state index contributed by atoms with van der Waals surface area (Å²) < 4.78 is 17.8. The number of methoxy groups -OCH3 is 1. The van der Waals surface area contributed by atoms with Gasteiger partial charge in [-0.05, 0) is 18.6 Å². The van der Waals surface area contributed by atoms with Crippen LogP contribution in [0, 0.1) is 5.82 Å². The number of rotatable bonds is 5. The van der Waals surface area contributed by atoms with E-state index in [9.17, 15) is 4.39 Å². The van der Waals surface area contributed by atoms with Crippen molar-refractivity contribution in [3.05, 3.63) is 36.7 Å². The highest BCUT2D eigenvalue weighted by Crippen LogP contribution is 2.21. The molecule has 0 amide bonds. The molecule has 2 nitrogen and oxygen atoms in total. The zero-order valence-electron chi connectivity index (χ0n) is 8.22. The summed E-state index contributed by atoms with van der Waals surface area (Å²) in [6.07, 6.45) is 2.70. The van der Waals surface area contributed by atoms with Gasteiger partial charge in [0, 0.05) is 18.3 Å². The molecule has 0 aromatic heterocycles. The zero-order chi connectivity index (χ0) is 10.4. The molecule has 0 aliphatic rings. The molecule has 0 spiro atoms. The minimum Gasteiger partial charge on any atom is -0.494 e. The molecule has 0 bridgehead atoms. The first kappa shape index (κ1) is 10.6. The molecule has 0 aliphatic carbocycles. The number of benzene rings is 1. The fourth-order valence-electron chi connectivity index (χ4n) is 1.09. The zero-order valence-corrected chi connectivity index (χ0v) is 8.22. The Labute approximate surface area is 83.4 Å². The Hall–Kier alpha value is -1.51. The second-order valence-electron chi connectivity index (χ2n) is 2.85. The number of halogens is 1. The summed E-state index contributed by atoms with van der Waals surface area (Å²) in [6.45, 7) is 4.40. The van der Waals surface area contributed by atoms with Crippen LogP contribution in [0.2, 0.25) is 0 Å². The van der Waals surface area contributed by atoms with Crippen LogP contribution in [-0.2, 0) is 0 Å². The molecule has 0 aliphatic heterocycles. The first-order valence-corrected chi connectivity index (χ1v) is 4.46. The van der Waals surface area contributed by atoms with Gasteiger partial charge in [0.1, 0.15) is 0 Å². The molecule has 3 heteroatoms. The van der Waals surface area contributed by atoms with Gasteiger partial charge in [0.2, 0.25) is 0 Å². The first-order chi connectivity index (χ1) is 6.77. The average Bonchev–Trinajstić information content (AvgIpc) is 2.21. The third-order valence-electron chi connectivity index (χ3n) is 1.83. The summed E-state index contributed by atoms with van der Waals surface area (Å²) in [5.74, 6) is -0.0876. The summed E-state index contributed by atoms with van der Waals surface area (Å²) in [5, 5.41) is 3.13. The van der Waals surface area contributed by atoms with Gasteiger partial charge >= 0.3 is 0 Å². The smallest absolute Gasteiger partial charge is 0.165 e. The van der Waals surface area contributed by atoms with Crippen molar-refractivity contribution in [2.45, 2.75) is 6.42 Å². The maximum absolute atomic E-state index is 13.0. The lowest BCUT2D eigenvalue weighted by molar-refractivity contribution is 0.387.